The van der Waals surface area contributed by atoms with Crippen LogP contribution in [0.1, 0.15) is 11.1 Å². The number of rotatable bonds is 6. The van der Waals surface area contributed by atoms with Crippen molar-refractivity contribution in [3.05, 3.63) is 65.6 Å². The lowest BCUT2D eigenvalue weighted by atomic mass is 10.1. The van der Waals surface area contributed by atoms with Gasteiger partial charge in [0.2, 0.25) is 16.0 Å². The molecular formula is C19H17F4N5O2S. The molecule has 0 saturated carbocycles. The molecule has 0 saturated heterocycles. The number of halogens is 4. The molecule has 7 nitrogen and oxygen atoms in total. The highest BCUT2D eigenvalue weighted by Crippen LogP contribution is 2.37. The van der Waals surface area contributed by atoms with E-state index in [2.05, 4.69) is 20.6 Å². The Kier molecular flexibility index (Phi) is 6.02. The van der Waals surface area contributed by atoms with Gasteiger partial charge in [0.25, 0.3) is 0 Å². The molecule has 0 atom stereocenters. The van der Waals surface area contributed by atoms with E-state index in [1.807, 2.05) is 23.8 Å². The lowest BCUT2D eigenvalue weighted by Gasteiger charge is -2.16. The molecule has 12 heteroatoms. The molecule has 0 fully saturated rings. The van der Waals surface area contributed by atoms with Gasteiger partial charge in [-0.2, -0.15) is 18.2 Å². The first-order valence-electron chi connectivity index (χ1n) is 8.73. The summed E-state index contributed by atoms with van der Waals surface area (Å²) in [6.45, 7) is 1.89. The Bertz CT molecular complexity index is 1200. The number of nitrogens with one attached hydrogen (secondary N) is 3. The summed E-state index contributed by atoms with van der Waals surface area (Å²) in [5.41, 5.74) is -0.334. The molecule has 1 aromatic heterocycles. The van der Waals surface area contributed by atoms with Gasteiger partial charge in [0.15, 0.2) is 11.6 Å². The van der Waals surface area contributed by atoms with Gasteiger partial charge in [-0.1, -0.05) is 17.7 Å². The zero-order valence-electron chi connectivity index (χ0n) is 16.2. The molecule has 0 bridgehead atoms. The second-order valence-corrected chi connectivity index (χ2v) is 8.39. The normalized spacial score (nSPS) is 11.8. The minimum absolute atomic E-state index is 0.0701. The maximum absolute atomic E-state index is 14.1. The zero-order valence-corrected chi connectivity index (χ0v) is 17.1. The fourth-order valence-corrected chi connectivity index (χ4v) is 3.14. The van der Waals surface area contributed by atoms with Crippen LogP contribution in [-0.4, -0.2) is 24.6 Å². The third kappa shape index (κ3) is 6.04. The van der Waals surface area contributed by atoms with Crippen LogP contribution in [0, 0.1) is 12.7 Å². The average Bonchev–Trinajstić information content (AvgIpc) is 2.65. The zero-order chi connectivity index (χ0) is 22.8. The Balaban J connectivity index is 1.89. The number of alkyl halides is 3. The minimum atomic E-state index is -4.83. The molecule has 0 unspecified atom stereocenters. The van der Waals surface area contributed by atoms with Crippen molar-refractivity contribution in [3.8, 4) is 0 Å². The van der Waals surface area contributed by atoms with Gasteiger partial charge in [0, 0.05) is 11.4 Å². The van der Waals surface area contributed by atoms with Gasteiger partial charge in [-0.25, -0.2) is 17.8 Å². The van der Waals surface area contributed by atoms with Crippen LogP contribution in [0.3, 0.4) is 0 Å². The molecule has 164 valence electrons. The number of sulfonamides is 1. The SMILES string of the molecule is Cc1ccc(Nc2nc(Nc3ccc(NS(C)(=O)=O)c(C(F)(F)F)c3)ncc2F)cc1. The summed E-state index contributed by atoms with van der Waals surface area (Å²) in [4.78, 5) is 7.69. The third-order valence-corrected chi connectivity index (χ3v) is 4.53. The molecule has 2 aromatic carbocycles. The van der Waals surface area contributed by atoms with Crippen LogP contribution >= 0.6 is 0 Å². The van der Waals surface area contributed by atoms with Gasteiger partial charge in [-0.3, -0.25) is 4.72 Å². The summed E-state index contributed by atoms with van der Waals surface area (Å²) in [6, 6.07) is 9.92. The van der Waals surface area contributed by atoms with Crippen LogP contribution in [-0.2, 0) is 16.2 Å². The Morgan fingerprint density at radius 2 is 1.61 bits per heavy atom. The Hall–Kier alpha value is -3.41. The Labute approximate surface area is 175 Å². The summed E-state index contributed by atoms with van der Waals surface area (Å²) in [5.74, 6) is -1.09. The molecule has 0 spiro atoms. The third-order valence-electron chi connectivity index (χ3n) is 3.93. The molecule has 0 aliphatic heterocycles. The van der Waals surface area contributed by atoms with E-state index in [0.717, 1.165) is 24.1 Å². The van der Waals surface area contributed by atoms with E-state index in [1.54, 1.807) is 12.1 Å². The van der Waals surface area contributed by atoms with E-state index in [9.17, 15) is 26.0 Å². The largest absolute Gasteiger partial charge is 0.418 e. The number of hydrogen-bond acceptors (Lipinski definition) is 6. The summed E-state index contributed by atoms with van der Waals surface area (Å²) in [6.07, 6.45) is -3.21. The maximum Gasteiger partial charge on any atom is 0.418 e. The molecule has 0 radical (unpaired) electrons. The molecule has 3 aromatic rings. The number of benzene rings is 2. The number of aryl methyl sites for hydroxylation is 1. The first kappa shape index (κ1) is 22.3. The van der Waals surface area contributed by atoms with Crippen molar-refractivity contribution in [1.29, 1.82) is 0 Å². The average molecular weight is 455 g/mol. The molecule has 3 N–H and O–H groups in total. The summed E-state index contributed by atoms with van der Waals surface area (Å²) < 4.78 is 78.7. The van der Waals surface area contributed by atoms with Gasteiger partial charge in [-0.05, 0) is 37.3 Å². The molecular weight excluding hydrogens is 438 g/mol. The van der Waals surface area contributed by atoms with Gasteiger partial charge in [0.1, 0.15) is 0 Å². The first-order valence-corrected chi connectivity index (χ1v) is 10.6. The highest BCUT2D eigenvalue weighted by atomic mass is 32.2. The van der Waals surface area contributed by atoms with Crippen molar-refractivity contribution in [1.82, 2.24) is 9.97 Å². The van der Waals surface area contributed by atoms with Crippen molar-refractivity contribution < 1.29 is 26.0 Å². The minimum Gasteiger partial charge on any atom is -0.338 e. The van der Waals surface area contributed by atoms with Crippen molar-refractivity contribution >= 4 is 38.9 Å². The topological polar surface area (TPSA) is 96.0 Å². The van der Waals surface area contributed by atoms with E-state index in [0.29, 0.717) is 11.8 Å². The molecule has 31 heavy (non-hydrogen) atoms. The standard InChI is InChI=1S/C19H17F4N5O2S/c1-11-3-5-12(6-4-11)25-17-15(20)10-24-18(27-17)26-13-7-8-16(28-31(2,29)30)14(9-13)19(21,22)23/h3-10,28H,1-2H3,(H2,24,25,26,27). The maximum atomic E-state index is 14.1. The van der Waals surface area contributed by atoms with E-state index in [-0.39, 0.29) is 17.5 Å². The van der Waals surface area contributed by atoms with Crippen LogP contribution < -0.4 is 15.4 Å². The second-order valence-electron chi connectivity index (χ2n) is 6.64. The van der Waals surface area contributed by atoms with Crippen molar-refractivity contribution in [2.24, 2.45) is 0 Å². The lowest BCUT2D eigenvalue weighted by molar-refractivity contribution is -0.136. The first-order chi connectivity index (χ1) is 14.4. The lowest BCUT2D eigenvalue weighted by Crippen LogP contribution is -2.16. The predicted molar refractivity (Wildman–Crippen MR) is 110 cm³/mol. The van der Waals surface area contributed by atoms with Crippen LogP contribution in [0.5, 0.6) is 0 Å². The number of anilines is 5. The van der Waals surface area contributed by atoms with Crippen LogP contribution in [0.25, 0.3) is 0 Å². The van der Waals surface area contributed by atoms with Crippen LogP contribution in [0.15, 0.2) is 48.7 Å². The highest BCUT2D eigenvalue weighted by molar-refractivity contribution is 7.92. The van der Waals surface area contributed by atoms with Gasteiger partial charge < -0.3 is 10.6 Å². The molecule has 3 rings (SSSR count). The van der Waals surface area contributed by atoms with Gasteiger partial charge >= 0.3 is 6.18 Å². The number of aromatic nitrogens is 2. The van der Waals surface area contributed by atoms with E-state index in [4.69, 9.17) is 0 Å². The molecule has 0 aliphatic carbocycles. The van der Waals surface area contributed by atoms with E-state index >= 15 is 0 Å². The summed E-state index contributed by atoms with van der Waals surface area (Å²) >= 11 is 0. The van der Waals surface area contributed by atoms with Crippen molar-refractivity contribution in [2.75, 3.05) is 21.6 Å². The highest BCUT2D eigenvalue weighted by Gasteiger charge is 2.34. The second kappa shape index (κ2) is 8.38. The van der Waals surface area contributed by atoms with E-state index in [1.165, 1.54) is 6.07 Å². The fourth-order valence-electron chi connectivity index (χ4n) is 2.56. The molecule has 0 aliphatic rings. The van der Waals surface area contributed by atoms with Crippen molar-refractivity contribution in [2.45, 2.75) is 13.1 Å². The van der Waals surface area contributed by atoms with Gasteiger partial charge in [0.05, 0.1) is 23.7 Å². The van der Waals surface area contributed by atoms with Crippen LogP contribution in [0.2, 0.25) is 0 Å². The predicted octanol–water partition coefficient (Wildman–Crippen LogP) is 4.80. The number of hydrogen-bond donors (Lipinski definition) is 3. The molecule has 0 amide bonds. The monoisotopic (exact) mass is 455 g/mol. The number of nitrogens with zero attached hydrogens (tertiary/aromatic N) is 2. The fraction of sp³-hybridized carbons (Fsp3) is 0.158. The van der Waals surface area contributed by atoms with Crippen molar-refractivity contribution in [3.63, 3.8) is 0 Å². The summed E-state index contributed by atoms with van der Waals surface area (Å²) in [5, 5.41) is 5.34. The smallest absolute Gasteiger partial charge is 0.338 e. The Morgan fingerprint density at radius 1 is 0.968 bits per heavy atom. The van der Waals surface area contributed by atoms with Gasteiger partial charge in [-0.15, -0.1) is 0 Å². The quantitative estimate of drug-likeness (QED) is 0.462. The summed E-state index contributed by atoms with van der Waals surface area (Å²) in [7, 11) is -3.92. The Morgan fingerprint density at radius 3 is 2.23 bits per heavy atom. The van der Waals surface area contributed by atoms with Crippen LogP contribution in [0.4, 0.5) is 46.4 Å². The van der Waals surface area contributed by atoms with E-state index < -0.39 is 33.3 Å². The molecule has 1 heterocycles.